The average molecular weight is 237 g/mol. The molecule has 0 unspecified atom stereocenters. The van der Waals surface area contributed by atoms with E-state index in [1.807, 2.05) is 66.8 Å². The lowest BCUT2D eigenvalue weighted by Crippen LogP contribution is -1.81. The van der Waals surface area contributed by atoms with Crippen molar-refractivity contribution in [3.8, 4) is 5.75 Å². The van der Waals surface area contributed by atoms with Crippen LogP contribution in [0.1, 0.15) is 11.3 Å². The number of hydrogen-bond donors (Lipinski definition) is 0. The number of hydrogen-bond acceptors (Lipinski definition) is 2. The minimum atomic E-state index is 0.871. The molecule has 0 aliphatic rings. The molecular formula is C16H15NO. The molecule has 0 aliphatic heterocycles. The molecule has 2 rings (SSSR count). The largest absolute Gasteiger partial charge is 0.497 e. The van der Waals surface area contributed by atoms with Gasteiger partial charge >= 0.3 is 0 Å². The van der Waals surface area contributed by atoms with Crippen LogP contribution in [-0.2, 0) is 0 Å². The molecule has 0 amide bonds. The predicted molar refractivity (Wildman–Crippen MR) is 75.3 cm³/mol. The van der Waals surface area contributed by atoms with Gasteiger partial charge in [0.15, 0.2) is 0 Å². The summed E-state index contributed by atoms with van der Waals surface area (Å²) in [6.45, 7) is 0. The van der Waals surface area contributed by atoms with Crippen molar-refractivity contribution in [1.82, 2.24) is 4.98 Å². The third-order valence-corrected chi connectivity index (χ3v) is 2.47. The quantitative estimate of drug-likeness (QED) is 0.754. The van der Waals surface area contributed by atoms with Gasteiger partial charge in [0.2, 0.25) is 0 Å². The Morgan fingerprint density at radius 3 is 2.39 bits per heavy atom. The second-order valence-electron chi connectivity index (χ2n) is 3.75. The Balaban J connectivity index is 1.96. The van der Waals surface area contributed by atoms with Gasteiger partial charge in [0.25, 0.3) is 0 Å². The zero-order valence-electron chi connectivity index (χ0n) is 10.3. The van der Waals surface area contributed by atoms with E-state index in [0.29, 0.717) is 0 Å². The van der Waals surface area contributed by atoms with E-state index in [1.165, 1.54) is 0 Å². The van der Waals surface area contributed by atoms with Crippen LogP contribution in [0.3, 0.4) is 0 Å². The van der Waals surface area contributed by atoms with Crippen molar-refractivity contribution in [1.29, 1.82) is 0 Å². The first-order valence-electron chi connectivity index (χ1n) is 5.78. The Bertz CT molecular complexity index is 527. The highest BCUT2D eigenvalue weighted by molar-refractivity contribution is 5.56. The third-order valence-electron chi connectivity index (χ3n) is 2.47. The highest BCUT2D eigenvalue weighted by Gasteiger charge is 1.88. The summed E-state index contributed by atoms with van der Waals surface area (Å²) in [6.07, 6.45) is 9.77. The average Bonchev–Trinajstić information content (AvgIpc) is 2.45. The first kappa shape index (κ1) is 12.1. The van der Waals surface area contributed by atoms with Gasteiger partial charge in [0.05, 0.1) is 12.8 Å². The summed E-state index contributed by atoms with van der Waals surface area (Å²) < 4.78 is 5.11. The zero-order chi connectivity index (χ0) is 12.6. The molecule has 0 saturated carbocycles. The van der Waals surface area contributed by atoms with Gasteiger partial charge < -0.3 is 4.74 Å². The molecule has 0 fully saturated rings. The Kier molecular flexibility index (Phi) is 4.31. The molecule has 18 heavy (non-hydrogen) atoms. The summed E-state index contributed by atoms with van der Waals surface area (Å²) in [7, 11) is 1.67. The van der Waals surface area contributed by atoms with Gasteiger partial charge in [-0.2, -0.15) is 0 Å². The van der Waals surface area contributed by atoms with Crippen molar-refractivity contribution in [2.24, 2.45) is 0 Å². The fraction of sp³-hybridized carbons (Fsp3) is 0.0625. The molecule has 1 aromatic heterocycles. The minimum absolute atomic E-state index is 0.871. The molecule has 0 atom stereocenters. The van der Waals surface area contributed by atoms with E-state index in [1.54, 1.807) is 13.3 Å². The maximum Gasteiger partial charge on any atom is 0.118 e. The van der Waals surface area contributed by atoms with E-state index in [-0.39, 0.29) is 0 Å². The van der Waals surface area contributed by atoms with E-state index in [2.05, 4.69) is 4.98 Å². The molecule has 2 nitrogen and oxygen atoms in total. The van der Waals surface area contributed by atoms with E-state index in [9.17, 15) is 0 Å². The topological polar surface area (TPSA) is 22.1 Å². The smallest absolute Gasteiger partial charge is 0.118 e. The molecular weight excluding hydrogens is 222 g/mol. The second-order valence-corrected chi connectivity index (χ2v) is 3.75. The van der Waals surface area contributed by atoms with Crippen LogP contribution in [0.15, 0.2) is 60.8 Å². The fourth-order valence-corrected chi connectivity index (χ4v) is 1.51. The lowest BCUT2D eigenvalue weighted by molar-refractivity contribution is 0.415. The standard InChI is InChI=1S/C16H15NO/c1-18-16-11-9-14(10-12-16)6-2-3-7-15-8-4-5-13-17-15/h2-13H,1H3/b6-2+,7-3+. The van der Waals surface area contributed by atoms with Crippen molar-refractivity contribution in [3.63, 3.8) is 0 Å². The Morgan fingerprint density at radius 2 is 1.72 bits per heavy atom. The first-order valence-corrected chi connectivity index (χ1v) is 5.78. The van der Waals surface area contributed by atoms with E-state index >= 15 is 0 Å². The lowest BCUT2D eigenvalue weighted by Gasteiger charge is -1.98. The van der Waals surface area contributed by atoms with Crippen LogP contribution in [0.4, 0.5) is 0 Å². The first-order chi connectivity index (χ1) is 8.88. The highest BCUT2D eigenvalue weighted by Crippen LogP contribution is 2.12. The second kappa shape index (κ2) is 6.40. The monoisotopic (exact) mass is 237 g/mol. The van der Waals surface area contributed by atoms with E-state index in [0.717, 1.165) is 17.0 Å². The number of nitrogens with zero attached hydrogens (tertiary/aromatic N) is 1. The molecule has 0 spiro atoms. The zero-order valence-corrected chi connectivity index (χ0v) is 10.3. The fourth-order valence-electron chi connectivity index (χ4n) is 1.51. The van der Waals surface area contributed by atoms with Gasteiger partial charge in [-0.3, -0.25) is 4.98 Å². The summed E-state index contributed by atoms with van der Waals surface area (Å²) >= 11 is 0. The van der Waals surface area contributed by atoms with Crippen molar-refractivity contribution >= 4 is 12.2 Å². The maximum atomic E-state index is 5.11. The van der Waals surface area contributed by atoms with Crippen molar-refractivity contribution in [2.45, 2.75) is 0 Å². The molecule has 2 heteroatoms. The molecule has 90 valence electrons. The van der Waals surface area contributed by atoms with Crippen molar-refractivity contribution < 1.29 is 4.74 Å². The Hall–Kier alpha value is -2.35. The Morgan fingerprint density at radius 1 is 0.944 bits per heavy atom. The molecule has 0 aliphatic carbocycles. The highest BCUT2D eigenvalue weighted by atomic mass is 16.5. The Labute approximate surface area is 107 Å². The normalized spacial score (nSPS) is 11.2. The van der Waals surface area contributed by atoms with Gasteiger partial charge in [-0.05, 0) is 35.9 Å². The number of benzene rings is 1. The number of ether oxygens (including phenoxy) is 1. The van der Waals surface area contributed by atoms with Crippen LogP contribution in [0.5, 0.6) is 5.75 Å². The summed E-state index contributed by atoms with van der Waals surface area (Å²) in [4.78, 5) is 4.21. The van der Waals surface area contributed by atoms with Gasteiger partial charge in [0.1, 0.15) is 5.75 Å². The molecule has 0 bridgehead atoms. The number of aromatic nitrogens is 1. The molecule has 1 aromatic carbocycles. The SMILES string of the molecule is COc1ccc(/C=C/C=C/c2ccccn2)cc1. The van der Waals surface area contributed by atoms with Crippen molar-refractivity contribution in [2.75, 3.05) is 7.11 Å². The number of allylic oxidation sites excluding steroid dienone is 2. The summed E-state index contributed by atoms with van der Waals surface area (Å²) in [5, 5.41) is 0. The van der Waals surface area contributed by atoms with Gasteiger partial charge in [-0.1, -0.05) is 36.4 Å². The molecule has 0 radical (unpaired) electrons. The number of methoxy groups -OCH3 is 1. The van der Waals surface area contributed by atoms with Crippen LogP contribution in [0, 0.1) is 0 Å². The maximum absolute atomic E-state index is 5.11. The molecule has 2 aromatic rings. The van der Waals surface area contributed by atoms with E-state index in [4.69, 9.17) is 4.74 Å². The number of rotatable bonds is 4. The van der Waals surface area contributed by atoms with Crippen LogP contribution >= 0.6 is 0 Å². The molecule has 1 heterocycles. The van der Waals surface area contributed by atoms with Crippen LogP contribution in [0.25, 0.3) is 12.2 Å². The summed E-state index contributed by atoms with van der Waals surface area (Å²) in [5.41, 5.74) is 2.10. The summed E-state index contributed by atoms with van der Waals surface area (Å²) in [6, 6.07) is 13.8. The van der Waals surface area contributed by atoms with Crippen molar-refractivity contribution in [3.05, 3.63) is 72.1 Å². The molecule has 0 N–H and O–H groups in total. The lowest BCUT2D eigenvalue weighted by atomic mass is 10.2. The van der Waals surface area contributed by atoms with Gasteiger partial charge in [0, 0.05) is 6.20 Å². The predicted octanol–water partition coefficient (Wildman–Crippen LogP) is 3.82. The molecule has 0 saturated heterocycles. The van der Waals surface area contributed by atoms with Crippen LogP contribution < -0.4 is 4.74 Å². The van der Waals surface area contributed by atoms with E-state index < -0.39 is 0 Å². The van der Waals surface area contributed by atoms with Gasteiger partial charge in [-0.15, -0.1) is 0 Å². The number of pyridine rings is 1. The minimum Gasteiger partial charge on any atom is -0.497 e. The van der Waals surface area contributed by atoms with Crippen LogP contribution in [-0.4, -0.2) is 12.1 Å². The third kappa shape index (κ3) is 3.59. The summed E-state index contributed by atoms with van der Waals surface area (Å²) in [5.74, 6) is 0.871. The van der Waals surface area contributed by atoms with Gasteiger partial charge in [-0.25, -0.2) is 0 Å². The van der Waals surface area contributed by atoms with Crippen LogP contribution in [0.2, 0.25) is 0 Å².